The molecule has 3 saturated heterocycles. The number of hydrogen-bond acceptors (Lipinski definition) is 5. The third-order valence-corrected chi connectivity index (χ3v) is 6.61. The maximum atomic E-state index is 13.1. The number of benzene rings is 1. The minimum absolute atomic E-state index is 0.0191. The van der Waals surface area contributed by atoms with E-state index >= 15 is 0 Å². The normalized spacial score (nSPS) is 24.6. The van der Waals surface area contributed by atoms with E-state index in [4.69, 9.17) is 4.74 Å². The predicted molar refractivity (Wildman–Crippen MR) is 103 cm³/mol. The number of thiazole rings is 1. The van der Waals surface area contributed by atoms with Crippen LogP contribution in [0.15, 0.2) is 29.6 Å². The molecule has 1 unspecified atom stereocenters. The molecule has 2 aromatic rings. The summed E-state index contributed by atoms with van der Waals surface area (Å²) in [4.78, 5) is 19.5. The van der Waals surface area contributed by atoms with Crippen molar-refractivity contribution in [3.8, 4) is 11.3 Å². The average molecular weight is 389 g/mol. The molecule has 27 heavy (non-hydrogen) atoms. The number of rotatable bonds is 4. The minimum Gasteiger partial charge on any atom is -0.445 e. The van der Waals surface area contributed by atoms with Crippen molar-refractivity contribution < 1.29 is 13.9 Å². The quantitative estimate of drug-likeness (QED) is 0.859. The maximum absolute atomic E-state index is 13.1. The first-order valence-corrected chi connectivity index (χ1v) is 10.2. The molecule has 0 aliphatic carbocycles. The van der Waals surface area contributed by atoms with Gasteiger partial charge in [-0.05, 0) is 70.0 Å². The molecule has 144 valence electrons. The van der Waals surface area contributed by atoms with Crippen LogP contribution in [-0.4, -0.2) is 41.7 Å². The Balaban J connectivity index is 1.41. The van der Waals surface area contributed by atoms with Crippen LogP contribution in [-0.2, 0) is 10.3 Å². The summed E-state index contributed by atoms with van der Waals surface area (Å²) in [6, 6.07) is 6.25. The van der Waals surface area contributed by atoms with Crippen molar-refractivity contribution in [1.29, 1.82) is 0 Å². The van der Waals surface area contributed by atoms with Crippen molar-refractivity contribution in [1.82, 2.24) is 15.2 Å². The van der Waals surface area contributed by atoms with Gasteiger partial charge in [0.1, 0.15) is 16.9 Å². The van der Waals surface area contributed by atoms with E-state index in [-0.39, 0.29) is 11.9 Å². The lowest BCUT2D eigenvalue weighted by molar-refractivity contribution is -0.0349. The number of alkyl carbamates (subject to hydrolysis) is 1. The molecule has 0 radical (unpaired) electrons. The Labute approximate surface area is 162 Å². The van der Waals surface area contributed by atoms with Crippen LogP contribution < -0.4 is 5.32 Å². The molecule has 3 aliphatic rings. The van der Waals surface area contributed by atoms with E-state index in [0.29, 0.717) is 5.92 Å². The zero-order valence-corrected chi connectivity index (χ0v) is 16.4. The second kappa shape index (κ2) is 7.20. The molecular formula is C20H24FN3O2S. The minimum atomic E-state index is -0.645. The summed E-state index contributed by atoms with van der Waals surface area (Å²) in [6.07, 6.45) is 1.80. The van der Waals surface area contributed by atoms with E-state index in [2.05, 4.69) is 15.2 Å². The number of hydrogen-bond donors (Lipinski definition) is 1. The predicted octanol–water partition coefficient (Wildman–Crippen LogP) is 4.00. The van der Waals surface area contributed by atoms with Crippen LogP contribution in [0.3, 0.4) is 0 Å². The molecule has 2 bridgehead atoms. The number of halogens is 1. The highest BCUT2D eigenvalue weighted by Crippen LogP contribution is 2.31. The van der Waals surface area contributed by atoms with Gasteiger partial charge in [0, 0.05) is 17.5 Å². The Bertz CT molecular complexity index is 813. The van der Waals surface area contributed by atoms with Crippen LogP contribution >= 0.6 is 11.3 Å². The van der Waals surface area contributed by atoms with Crippen molar-refractivity contribution in [3.63, 3.8) is 0 Å². The number of carbonyl (C=O) groups excluding carboxylic acids is 1. The van der Waals surface area contributed by atoms with Crippen LogP contribution in [0.5, 0.6) is 0 Å². The van der Waals surface area contributed by atoms with Crippen LogP contribution in [0, 0.1) is 11.7 Å². The molecule has 1 aromatic carbocycles. The van der Waals surface area contributed by atoms with E-state index < -0.39 is 11.6 Å². The number of piperidine rings is 3. The van der Waals surface area contributed by atoms with Gasteiger partial charge in [0.15, 0.2) is 0 Å². The van der Waals surface area contributed by atoms with Crippen molar-refractivity contribution in [2.45, 2.75) is 38.3 Å². The molecule has 3 aliphatic heterocycles. The summed E-state index contributed by atoms with van der Waals surface area (Å²) < 4.78 is 18.8. The number of ether oxygens (including phenoxy) is 1. The van der Waals surface area contributed by atoms with E-state index in [0.717, 1.165) is 48.7 Å². The molecule has 3 fully saturated rings. The molecule has 1 N–H and O–H groups in total. The maximum Gasteiger partial charge on any atom is 0.408 e. The first-order valence-electron chi connectivity index (χ1n) is 9.34. The summed E-state index contributed by atoms with van der Waals surface area (Å²) >= 11 is 1.47. The zero-order chi connectivity index (χ0) is 19.0. The highest BCUT2D eigenvalue weighted by atomic mass is 32.1. The summed E-state index contributed by atoms with van der Waals surface area (Å²) in [5, 5.41) is 5.67. The van der Waals surface area contributed by atoms with Gasteiger partial charge in [0.25, 0.3) is 0 Å². The number of nitrogens with one attached hydrogen (secondary N) is 1. The van der Waals surface area contributed by atoms with Gasteiger partial charge in [0.05, 0.1) is 11.2 Å². The van der Waals surface area contributed by atoms with Gasteiger partial charge in [-0.2, -0.15) is 0 Å². The number of amides is 1. The third-order valence-electron chi connectivity index (χ3n) is 5.45. The summed E-state index contributed by atoms with van der Waals surface area (Å²) in [5.74, 6) is 0.209. The molecule has 1 aromatic heterocycles. The third kappa shape index (κ3) is 3.99. The van der Waals surface area contributed by atoms with Gasteiger partial charge in [-0.15, -0.1) is 11.3 Å². The summed E-state index contributed by atoms with van der Waals surface area (Å²) in [5.41, 5.74) is 0.980. The Kier molecular flexibility index (Phi) is 4.90. The second-order valence-corrected chi connectivity index (χ2v) is 8.73. The standard InChI is InChI=1S/C20H24FN3O2S/c1-20(2,18-22-16(12-27-18)13-3-5-15(21)6-4-13)23-19(25)26-17-11-24-9-7-14(17)8-10-24/h3-6,12,14,17H,7-11H2,1-2H3,(H,23,25). The Morgan fingerprint density at radius 2 is 2.00 bits per heavy atom. The fourth-order valence-corrected chi connectivity index (χ4v) is 4.74. The molecule has 5 rings (SSSR count). The number of carbonyl (C=O) groups is 1. The van der Waals surface area contributed by atoms with Gasteiger partial charge in [-0.3, -0.25) is 4.90 Å². The lowest BCUT2D eigenvalue weighted by atomic mass is 9.86. The highest BCUT2D eigenvalue weighted by Gasteiger charge is 2.37. The van der Waals surface area contributed by atoms with E-state index in [1.165, 1.54) is 23.5 Å². The molecular weight excluding hydrogens is 365 g/mol. The monoisotopic (exact) mass is 389 g/mol. The van der Waals surface area contributed by atoms with E-state index in [1.54, 1.807) is 12.1 Å². The second-order valence-electron chi connectivity index (χ2n) is 7.88. The van der Waals surface area contributed by atoms with E-state index in [1.807, 2.05) is 19.2 Å². The topological polar surface area (TPSA) is 54.5 Å². The van der Waals surface area contributed by atoms with E-state index in [9.17, 15) is 9.18 Å². The largest absolute Gasteiger partial charge is 0.445 e. The Morgan fingerprint density at radius 1 is 1.30 bits per heavy atom. The number of fused-ring (bicyclic) bond motifs is 3. The van der Waals surface area contributed by atoms with Crippen LogP contribution in [0.2, 0.25) is 0 Å². The first-order chi connectivity index (χ1) is 12.9. The van der Waals surface area contributed by atoms with Crippen molar-refractivity contribution >= 4 is 17.4 Å². The molecule has 0 spiro atoms. The fourth-order valence-electron chi connectivity index (χ4n) is 3.83. The fraction of sp³-hybridized carbons (Fsp3) is 0.500. The molecule has 1 amide bonds. The molecule has 1 atom stereocenters. The van der Waals surface area contributed by atoms with Gasteiger partial charge in [-0.1, -0.05) is 0 Å². The summed E-state index contributed by atoms with van der Waals surface area (Å²) in [7, 11) is 0. The number of aromatic nitrogens is 1. The van der Waals surface area contributed by atoms with Crippen LogP contribution in [0.1, 0.15) is 31.7 Å². The lowest BCUT2D eigenvalue weighted by Crippen LogP contribution is -2.53. The average Bonchev–Trinajstić information content (AvgIpc) is 3.14. The zero-order valence-electron chi connectivity index (χ0n) is 15.6. The summed E-state index contributed by atoms with van der Waals surface area (Å²) in [6.45, 7) is 6.90. The molecule has 0 saturated carbocycles. The molecule has 7 heteroatoms. The van der Waals surface area contributed by atoms with Crippen molar-refractivity contribution in [2.75, 3.05) is 19.6 Å². The highest BCUT2D eigenvalue weighted by molar-refractivity contribution is 7.10. The first kappa shape index (κ1) is 18.4. The molecule has 5 nitrogen and oxygen atoms in total. The van der Waals surface area contributed by atoms with Crippen LogP contribution in [0.4, 0.5) is 9.18 Å². The Morgan fingerprint density at radius 3 is 2.63 bits per heavy atom. The van der Waals surface area contributed by atoms with Crippen molar-refractivity contribution in [2.24, 2.45) is 5.92 Å². The van der Waals surface area contributed by atoms with Gasteiger partial charge < -0.3 is 10.1 Å². The number of nitrogens with zero attached hydrogens (tertiary/aromatic N) is 2. The van der Waals surface area contributed by atoms with Gasteiger partial charge >= 0.3 is 6.09 Å². The molecule has 4 heterocycles. The van der Waals surface area contributed by atoms with Crippen molar-refractivity contribution in [3.05, 3.63) is 40.5 Å². The van der Waals surface area contributed by atoms with Crippen LogP contribution in [0.25, 0.3) is 11.3 Å². The Hall–Kier alpha value is -1.99. The SMILES string of the molecule is CC(C)(NC(=O)OC1CN2CCC1CC2)c1nc(-c2ccc(F)cc2)cs1. The smallest absolute Gasteiger partial charge is 0.408 e. The van der Waals surface area contributed by atoms with Gasteiger partial charge in [0.2, 0.25) is 0 Å². The van der Waals surface area contributed by atoms with Gasteiger partial charge in [-0.25, -0.2) is 14.2 Å². The lowest BCUT2D eigenvalue weighted by Gasteiger charge is -2.44.